The Morgan fingerprint density at radius 1 is 1.22 bits per heavy atom. The lowest BCUT2D eigenvalue weighted by molar-refractivity contribution is -0.116. The lowest BCUT2D eigenvalue weighted by Gasteiger charge is -2.30. The number of amides is 1. The fourth-order valence-corrected chi connectivity index (χ4v) is 3.19. The molecule has 5 heteroatoms. The number of benzene rings is 1. The zero-order valence-corrected chi connectivity index (χ0v) is 13.0. The molecule has 0 saturated carbocycles. The third kappa shape index (κ3) is 2.42. The van der Waals surface area contributed by atoms with Gasteiger partial charge in [-0.25, -0.2) is 0 Å². The molecule has 0 fully saturated rings. The van der Waals surface area contributed by atoms with Crippen molar-refractivity contribution in [3.05, 3.63) is 47.9 Å². The fourth-order valence-electron chi connectivity index (χ4n) is 3.19. The molecule has 1 amide bonds. The number of hydrogen-bond donors (Lipinski definition) is 1. The highest BCUT2D eigenvalue weighted by atomic mass is 16.5. The number of pyridine rings is 1. The SMILES string of the molecule is COc1ccc2c(n1)N(c1ccc3c(c1)CC[CH]C3)C(=O)CN2. The molecule has 23 heavy (non-hydrogen) atoms. The Bertz CT molecular complexity index is 773. The number of hydrogen-bond acceptors (Lipinski definition) is 4. The van der Waals surface area contributed by atoms with E-state index in [1.807, 2.05) is 12.1 Å². The van der Waals surface area contributed by atoms with E-state index in [9.17, 15) is 4.79 Å². The zero-order chi connectivity index (χ0) is 15.8. The minimum absolute atomic E-state index is 0.0134. The average molecular weight is 308 g/mol. The Balaban J connectivity index is 1.80. The van der Waals surface area contributed by atoms with Crippen LogP contribution in [-0.2, 0) is 17.6 Å². The Morgan fingerprint density at radius 3 is 3.00 bits per heavy atom. The highest BCUT2D eigenvalue weighted by Crippen LogP contribution is 2.36. The first-order valence-corrected chi connectivity index (χ1v) is 7.81. The van der Waals surface area contributed by atoms with Crippen LogP contribution in [0.5, 0.6) is 5.88 Å². The number of aryl methyl sites for hydroxylation is 1. The smallest absolute Gasteiger partial charge is 0.252 e. The highest BCUT2D eigenvalue weighted by Gasteiger charge is 2.28. The predicted octanol–water partition coefficient (Wildman–Crippen LogP) is 2.87. The first-order valence-electron chi connectivity index (χ1n) is 7.81. The van der Waals surface area contributed by atoms with Gasteiger partial charge < -0.3 is 10.1 Å². The molecule has 1 aliphatic heterocycles. The molecule has 1 aromatic heterocycles. The van der Waals surface area contributed by atoms with Gasteiger partial charge in [0, 0.05) is 6.07 Å². The molecule has 0 atom stereocenters. The van der Waals surface area contributed by atoms with Crippen molar-refractivity contribution >= 4 is 23.1 Å². The van der Waals surface area contributed by atoms with Crippen molar-refractivity contribution < 1.29 is 9.53 Å². The second-order valence-electron chi connectivity index (χ2n) is 5.79. The van der Waals surface area contributed by atoms with Gasteiger partial charge in [0.1, 0.15) is 0 Å². The molecule has 5 nitrogen and oxygen atoms in total. The normalized spacial score (nSPS) is 16.4. The van der Waals surface area contributed by atoms with E-state index < -0.39 is 0 Å². The number of methoxy groups -OCH3 is 1. The van der Waals surface area contributed by atoms with E-state index in [2.05, 4.69) is 28.9 Å². The maximum Gasteiger partial charge on any atom is 0.252 e. The quantitative estimate of drug-likeness (QED) is 0.927. The second kappa shape index (κ2) is 5.57. The zero-order valence-electron chi connectivity index (χ0n) is 13.0. The molecule has 0 unspecified atom stereocenters. The van der Waals surface area contributed by atoms with Gasteiger partial charge in [-0.1, -0.05) is 6.07 Å². The number of carbonyl (C=O) groups excluding carboxylic acids is 1. The Hall–Kier alpha value is -2.56. The summed E-state index contributed by atoms with van der Waals surface area (Å²) >= 11 is 0. The van der Waals surface area contributed by atoms with E-state index in [0.717, 1.165) is 30.6 Å². The van der Waals surface area contributed by atoms with Crippen molar-refractivity contribution in [1.82, 2.24) is 4.98 Å². The van der Waals surface area contributed by atoms with E-state index >= 15 is 0 Å². The van der Waals surface area contributed by atoms with E-state index in [1.165, 1.54) is 11.1 Å². The summed E-state index contributed by atoms with van der Waals surface area (Å²) in [7, 11) is 1.58. The Morgan fingerprint density at radius 2 is 2.13 bits per heavy atom. The average Bonchev–Trinajstić information content (AvgIpc) is 2.60. The van der Waals surface area contributed by atoms with Crippen molar-refractivity contribution in [3.63, 3.8) is 0 Å². The molecule has 1 radical (unpaired) electrons. The van der Waals surface area contributed by atoms with Crippen molar-refractivity contribution in [3.8, 4) is 5.88 Å². The van der Waals surface area contributed by atoms with Crippen LogP contribution in [0.2, 0.25) is 0 Å². The molecular weight excluding hydrogens is 290 g/mol. The molecule has 4 rings (SSSR count). The standard InChI is InChI=1S/C18H18N3O2/c1-23-16-9-8-15-18(20-16)21(17(22)11-19-15)14-7-6-12-4-2-3-5-13(12)10-14/h2,6-10,19H,3-5,11H2,1H3. The summed E-state index contributed by atoms with van der Waals surface area (Å²) in [6.07, 6.45) is 5.43. The van der Waals surface area contributed by atoms with E-state index in [1.54, 1.807) is 18.1 Å². The predicted molar refractivity (Wildman–Crippen MR) is 89.2 cm³/mol. The van der Waals surface area contributed by atoms with Crippen molar-refractivity contribution in [2.75, 3.05) is 23.9 Å². The van der Waals surface area contributed by atoms with Crippen LogP contribution in [0.3, 0.4) is 0 Å². The second-order valence-corrected chi connectivity index (χ2v) is 5.79. The van der Waals surface area contributed by atoms with Gasteiger partial charge in [-0.15, -0.1) is 0 Å². The van der Waals surface area contributed by atoms with Crippen LogP contribution in [0, 0.1) is 6.42 Å². The molecule has 117 valence electrons. The van der Waals surface area contributed by atoms with Crippen LogP contribution in [0.25, 0.3) is 0 Å². The summed E-state index contributed by atoms with van der Waals surface area (Å²) in [5, 5.41) is 3.11. The minimum Gasteiger partial charge on any atom is -0.481 e. The third-order valence-corrected chi connectivity index (χ3v) is 4.38. The van der Waals surface area contributed by atoms with Crippen LogP contribution < -0.4 is 15.0 Å². The van der Waals surface area contributed by atoms with Gasteiger partial charge in [-0.05, 0) is 55.0 Å². The van der Waals surface area contributed by atoms with Crippen molar-refractivity contribution in [2.24, 2.45) is 0 Å². The Kier molecular flexibility index (Phi) is 3.41. The van der Waals surface area contributed by atoms with Gasteiger partial charge >= 0.3 is 0 Å². The number of aromatic nitrogens is 1. The van der Waals surface area contributed by atoms with Crippen LogP contribution >= 0.6 is 0 Å². The van der Waals surface area contributed by atoms with Crippen LogP contribution in [0.1, 0.15) is 17.5 Å². The number of fused-ring (bicyclic) bond motifs is 2. The van der Waals surface area contributed by atoms with Gasteiger partial charge in [-0.2, -0.15) is 4.98 Å². The topological polar surface area (TPSA) is 54.5 Å². The van der Waals surface area contributed by atoms with Crippen LogP contribution in [-0.4, -0.2) is 24.5 Å². The van der Waals surface area contributed by atoms with Gasteiger partial charge in [0.05, 0.1) is 25.0 Å². The summed E-state index contributed by atoms with van der Waals surface area (Å²) in [5.74, 6) is 1.08. The van der Waals surface area contributed by atoms with Gasteiger partial charge in [0.25, 0.3) is 5.91 Å². The van der Waals surface area contributed by atoms with Crippen molar-refractivity contribution in [2.45, 2.75) is 19.3 Å². The molecule has 1 N–H and O–H groups in total. The first kappa shape index (κ1) is 14.1. The molecule has 1 aliphatic carbocycles. The molecule has 0 spiro atoms. The minimum atomic E-state index is -0.0134. The van der Waals surface area contributed by atoms with Gasteiger partial charge in [0.15, 0.2) is 5.82 Å². The fraction of sp³-hybridized carbons (Fsp3) is 0.278. The molecule has 1 aromatic carbocycles. The van der Waals surface area contributed by atoms with E-state index in [-0.39, 0.29) is 12.5 Å². The number of carbonyl (C=O) groups is 1. The molecule has 2 heterocycles. The highest BCUT2D eigenvalue weighted by molar-refractivity contribution is 6.07. The lowest BCUT2D eigenvalue weighted by atomic mass is 9.91. The summed E-state index contributed by atoms with van der Waals surface area (Å²) < 4.78 is 5.21. The molecule has 2 aliphatic rings. The number of nitrogens with one attached hydrogen (secondary N) is 1. The van der Waals surface area contributed by atoms with E-state index in [4.69, 9.17) is 4.74 Å². The van der Waals surface area contributed by atoms with Crippen LogP contribution in [0.15, 0.2) is 30.3 Å². The maximum atomic E-state index is 12.5. The third-order valence-electron chi connectivity index (χ3n) is 4.38. The van der Waals surface area contributed by atoms with E-state index in [0.29, 0.717) is 11.7 Å². The van der Waals surface area contributed by atoms with Crippen LogP contribution in [0.4, 0.5) is 17.2 Å². The first-order chi connectivity index (χ1) is 11.3. The number of ether oxygens (including phenoxy) is 1. The largest absolute Gasteiger partial charge is 0.481 e. The number of rotatable bonds is 2. The summed E-state index contributed by atoms with van der Waals surface area (Å²) in [5.41, 5.74) is 4.39. The summed E-state index contributed by atoms with van der Waals surface area (Å²) in [6, 6.07) is 9.94. The summed E-state index contributed by atoms with van der Waals surface area (Å²) in [6.45, 7) is 0.270. The van der Waals surface area contributed by atoms with Gasteiger partial charge in [0.2, 0.25) is 5.88 Å². The summed E-state index contributed by atoms with van der Waals surface area (Å²) in [4.78, 5) is 18.7. The molecule has 0 bridgehead atoms. The monoisotopic (exact) mass is 308 g/mol. The van der Waals surface area contributed by atoms with Gasteiger partial charge in [-0.3, -0.25) is 9.69 Å². The Labute approximate surface area is 135 Å². The number of nitrogens with zero attached hydrogens (tertiary/aromatic N) is 2. The lowest BCUT2D eigenvalue weighted by Crippen LogP contribution is -2.37. The van der Waals surface area contributed by atoms with Crippen molar-refractivity contribution in [1.29, 1.82) is 0 Å². The maximum absolute atomic E-state index is 12.5. The molecule has 2 aromatic rings. The number of anilines is 3. The molecular formula is C18H18N3O2. The molecule has 0 saturated heterocycles.